The van der Waals surface area contributed by atoms with Gasteiger partial charge in [0.2, 0.25) is 0 Å². The maximum Gasteiger partial charge on any atom is 0.166 e. The SMILES string of the molecule is Nc1nc(C2=CC=C3N=CC=C3C2)c(-c2ccc(N3CCOCC3)cc2)nc1N. The summed E-state index contributed by atoms with van der Waals surface area (Å²) in [6.07, 6.45) is 8.65. The summed E-state index contributed by atoms with van der Waals surface area (Å²) in [7, 11) is 0. The minimum Gasteiger partial charge on any atom is -0.381 e. The Kier molecular flexibility index (Phi) is 4.37. The van der Waals surface area contributed by atoms with Crippen molar-refractivity contribution in [3.8, 4) is 11.3 Å². The van der Waals surface area contributed by atoms with Gasteiger partial charge in [0.25, 0.3) is 0 Å². The van der Waals surface area contributed by atoms with Crippen molar-refractivity contribution in [2.75, 3.05) is 42.7 Å². The van der Waals surface area contributed by atoms with Gasteiger partial charge in [-0.05, 0) is 35.4 Å². The van der Waals surface area contributed by atoms with Gasteiger partial charge in [0.1, 0.15) is 0 Å². The molecule has 2 aliphatic heterocycles. The second-order valence-electron chi connectivity index (χ2n) is 7.23. The van der Waals surface area contributed by atoms with Gasteiger partial charge in [0.15, 0.2) is 11.6 Å². The van der Waals surface area contributed by atoms with Crippen LogP contribution in [0.4, 0.5) is 17.3 Å². The topological polar surface area (TPSA) is 103 Å². The highest BCUT2D eigenvalue weighted by molar-refractivity contribution is 5.87. The third-order valence-electron chi connectivity index (χ3n) is 5.41. The van der Waals surface area contributed by atoms with Gasteiger partial charge in [-0.15, -0.1) is 0 Å². The zero-order valence-corrected chi connectivity index (χ0v) is 16.0. The van der Waals surface area contributed by atoms with Crippen LogP contribution in [-0.4, -0.2) is 42.5 Å². The fourth-order valence-corrected chi connectivity index (χ4v) is 3.82. The first-order valence-electron chi connectivity index (χ1n) is 9.70. The van der Waals surface area contributed by atoms with E-state index in [4.69, 9.17) is 16.2 Å². The molecule has 0 atom stereocenters. The molecule has 0 unspecified atom stereocenters. The van der Waals surface area contributed by atoms with Crippen LogP contribution >= 0.6 is 0 Å². The predicted molar refractivity (Wildman–Crippen MR) is 117 cm³/mol. The molecule has 0 spiro atoms. The molecular weight excluding hydrogens is 364 g/mol. The summed E-state index contributed by atoms with van der Waals surface area (Å²) < 4.78 is 5.44. The Bertz CT molecular complexity index is 1080. The van der Waals surface area contributed by atoms with Crippen LogP contribution in [0.1, 0.15) is 12.1 Å². The number of aromatic nitrogens is 2. The second-order valence-corrected chi connectivity index (χ2v) is 7.23. The molecule has 0 radical (unpaired) electrons. The molecule has 5 rings (SSSR count). The number of nitrogen functional groups attached to an aromatic ring is 2. The Morgan fingerprint density at radius 1 is 0.828 bits per heavy atom. The molecule has 29 heavy (non-hydrogen) atoms. The van der Waals surface area contributed by atoms with Crippen LogP contribution in [0.15, 0.2) is 58.8 Å². The summed E-state index contributed by atoms with van der Waals surface area (Å²) in [6, 6.07) is 8.35. The molecule has 1 aromatic heterocycles. The average Bonchev–Trinajstić information content (AvgIpc) is 3.24. The molecule has 0 bridgehead atoms. The summed E-state index contributed by atoms with van der Waals surface area (Å²) >= 11 is 0. The fourth-order valence-electron chi connectivity index (χ4n) is 3.82. The highest BCUT2D eigenvalue weighted by Gasteiger charge is 2.21. The van der Waals surface area contributed by atoms with E-state index in [2.05, 4.69) is 44.1 Å². The van der Waals surface area contributed by atoms with Gasteiger partial charge in [-0.2, -0.15) is 0 Å². The number of allylic oxidation sites excluding steroid dienone is 5. The van der Waals surface area contributed by atoms with Crippen LogP contribution in [0.3, 0.4) is 0 Å². The van der Waals surface area contributed by atoms with Crippen molar-refractivity contribution in [3.05, 3.63) is 59.5 Å². The largest absolute Gasteiger partial charge is 0.381 e. The Morgan fingerprint density at radius 2 is 1.55 bits per heavy atom. The molecule has 7 nitrogen and oxygen atoms in total. The zero-order valence-electron chi connectivity index (χ0n) is 16.0. The van der Waals surface area contributed by atoms with Crippen LogP contribution < -0.4 is 16.4 Å². The molecule has 1 aliphatic carbocycles. The summed E-state index contributed by atoms with van der Waals surface area (Å²) in [6.45, 7) is 3.32. The first-order chi connectivity index (χ1) is 14.2. The molecule has 1 aromatic carbocycles. The number of benzene rings is 1. The molecule has 2 aromatic rings. The lowest BCUT2D eigenvalue weighted by atomic mass is 9.93. The van der Waals surface area contributed by atoms with E-state index in [1.165, 1.54) is 11.3 Å². The monoisotopic (exact) mass is 386 g/mol. The van der Waals surface area contributed by atoms with Gasteiger partial charge in [0.05, 0.1) is 30.3 Å². The van der Waals surface area contributed by atoms with Crippen molar-refractivity contribution in [1.29, 1.82) is 0 Å². The first-order valence-corrected chi connectivity index (χ1v) is 9.70. The minimum atomic E-state index is 0.247. The molecule has 0 saturated carbocycles. The molecular formula is C22H22N6O. The lowest BCUT2D eigenvalue weighted by molar-refractivity contribution is 0.122. The number of nitrogens with zero attached hydrogens (tertiary/aromatic N) is 4. The Morgan fingerprint density at radius 3 is 2.31 bits per heavy atom. The highest BCUT2D eigenvalue weighted by Crippen LogP contribution is 2.37. The number of hydrogen-bond acceptors (Lipinski definition) is 7. The number of morpholine rings is 1. The normalized spacial score (nSPS) is 18.2. The molecule has 0 amide bonds. The zero-order chi connectivity index (χ0) is 19.8. The van der Waals surface area contributed by atoms with Gasteiger partial charge in [-0.3, -0.25) is 4.99 Å². The molecule has 4 N–H and O–H groups in total. The van der Waals surface area contributed by atoms with Crippen LogP contribution in [0, 0.1) is 0 Å². The number of aliphatic imine (C=N–C) groups is 1. The van der Waals surface area contributed by atoms with Gasteiger partial charge < -0.3 is 21.1 Å². The number of rotatable bonds is 3. The number of fused-ring (bicyclic) bond motifs is 1. The van der Waals surface area contributed by atoms with Crippen molar-refractivity contribution in [1.82, 2.24) is 9.97 Å². The Labute approximate surface area is 169 Å². The fraction of sp³-hybridized carbons (Fsp3) is 0.227. The summed E-state index contributed by atoms with van der Waals surface area (Å²) in [4.78, 5) is 15.9. The Balaban J connectivity index is 1.52. The second kappa shape index (κ2) is 7.18. The van der Waals surface area contributed by atoms with E-state index in [1.54, 1.807) is 0 Å². The average molecular weight is 386 g/mol. The molecule has 3 heterocycles. The molecule has 1 fully saturated rings. The minimum absolute atomic E-state index is 0.247. The van der Waals surface area contributed by atoms with E-state index in [0.717, 1.165) is 60.9 Å². The molecule has 7 heteroatoms. The van der Waals surface area contributed by atoms with E-state index in [0.29, 0.717) is 0 Å². The molecule has 3 aliphatic rings. The molecule has 1 saturated heterocycles. The quantitative estimate of drug-likeness (QED) is 0.841. The van der Waals surface area contributed by atoms with Crippen molar-refractivity contribution in [3.63, 3.8) is 0 Å². The molecule has 146 valence electrons. The van der Waals surface area contributed by atoms with E-state index in [9.17, 15) is 0 Å². The van der Waals surface area contributed by atoms with Gasteiger partial charge in [-0.25, -0.2) is 9.97 Å². The number of nitrogens with two attached hydrogens (primary N) is 2. The van der Waals surface area contributed by atoms with Gasteiger partial charge >= 0.3 is 0 Å². The van der Waals surface area contributed by atoms with Crippen LogP contribution in [0.2, 0.25) is 0 Å². The lowest BCUT2D eigenvalue weighted by Gasteiger charge is -2.29. The van der Waals surface area contributed by atoms with Crippen molar-refractivity contribution >= 4 is 29.1 Å². The maximum atomic E-state index is 6.01. The van der Waals surface area contributed by atoms with E-state index >= 15 is 0 Å². The van der Waals surface area contributed by atoms with E-state index in [-0.39, 0.29) is 11.6 Å². The standard InChI is InChI=1S/C22H22N6O/c23-21-22(24)27-20(16-3-6-18-15(13-16)7-8-25-18)19(26-21)14-1-4-17(5-2-14)28-9-11-29-12-10-28/h1-8H,9-13H2,(H2,23,26)(H2,24,27). The van der Waals surface area contributed by atoms with Crippen LogP contribution in [0.5, 0.6) is 0 Å². The maximum absolute atomic E-state index is 6.01. The lowest BCUT2D eigenvalue weighted by Crippen LogP contribution is -2.36. The summed E-state index contributed by atoms with van der Waals surface area (Å²) in [5.74, 6) is 0.498. The predicted octanol–water partition coefficient (Wildman–Crippen LogP) is 2.83. The number of hydrogen-bond donors (Lipinski definition) is 2. The smallest absolute Gasteiger partial charge is 0.166 e. The van der Waals surface area contributed by atoms with Crippen LogP contribution in [0.25, 0.3) is 16.8 Å². The van der Waals surface area contributed by atoms with Gasteiger partial charge in [0, 0.05) is 37.0 Å². The van der Waals surface area contributed by atoms with E-state index < -0.39 is 0 Å². The van der Waals surface area contributed by atoms with Crippen molar-refractivity contribution < 1.29 is 4.74 Å². The highest BCUT2D eigenvalue weighted by atomic mass is 16.5. The van der Waals surface area contributed by atoms with Crippen molar-refractivity contribution in [2.24, 2.45) is 4.99 Å². The summed E-state index contributed by atoms with van der Waals surface area (Å²) in [5, 5.41) is 0. The van der Waals surface area contributed by atoms with Crippen molar-refractivity contribution in [2.45, 2.75) is 6.42 Å². The first kappa shape index (κ1) is 17.6. The summed E-state index contributed by atoms with van der Waals surface area (Å²) in [5.41, 5.74) is 18.9. The third-order valence-corrected chi connectivity index (χ3v) is 5.41. The number of anilines is 3. The van der Waals surface area contributed by atoms with E-state index in [1.807, 2.05) is 24.4 Å². The Hall–Kier alpha value is -3.45. The number of ether oxygens (including phenoxy) is 1. The van der Waals surface area contributed by atoms with Crippen LogP contribution in [-0.2, 0) is 4.74 Å². The third kappa shape index (κ3) is 3.30. The van der Waals surface area contributed by atoms with Gasteiger partial charge in [-0.1, -0.05) is 18.2 Å².